The predicted octanol–water partition coefficient (Wildman–Crippen LogP) is 4.93. The van der Waals surface area contributed by atoms with Gasteiger partial charge in [-0.15, -0.1) is 0 Å². The molecule has 2 aromatic rings. The molecule has 0 saturated carbocycles. The van der Waals surface area contributed by atoms with Gasteiger partial charge in [0.25, 0.3) is 0 Å². The summed E-state index contributed by atoms with van der Waals surface area (Å²) in [4.78, 5) is 11.0. The summed E-state index contributed by atoms with van der Waals surface area (Å²) in [7, 11) is 0. The molecule has 7 heteroatoms. The number of aryl methyl sites for hydroxylation is 1. The Hall–Kier alpha value is -2.31. The number of nitrogens with one attached hydrogen (secondary N) is 1. The number of nitrogens with zero attached hydrogens (tertiary/aromatic N) is 3. The molecule has 0 bridgehead atoms. The quantitative estimate of drug-likeness (QED) is 0.852. The van der Waals surface area contributed by atoms with Gasteiger partial charge in [-0.25, -0.2) is 4.98 Å². The highest BCUT2D eigenvalue weighted by atomic mass is 19.4. The normalized spacial score (nSPS) is 15.8. The molecular formula is C18H21F3N4. The van der Waals surface area contributed by atoms with Gasteiger partial charge < -0.3 is 10.2 Å². The van der Waals surface area contributed by atoms with E-state index in [-0.39, 0.29) is 5.69 Å². The lowest BCUT2D eigenvalue weighted by Gasteiger charge is -2.21. The number of benzene rings is 1. The van der Waals surface area contributed by atoms with Gasteiger partial charge in [-0.05, 0) is 31.9 Å². The fraction of sp³-hybridized carbons (Fsp3) is 0.444. The Morgan fingerprint density at radius 1 is 1.00 bits per heavy atom. The summed E-state index contributed by atoms with van der Waals surface area (Å²) in [6, 6.07) is 7.08. The van der Waals surface area contributed by atoms with Crippen molar-refractivity contribution in [1.82, 2.24) is 9.97 Å². The van der Waals surface area contributed by atoms with E-state index in [1.807, 2.05) is 6.92 Å². The number of anilines is 3. The van der Waals surface area contributed by atoms with Gasteiger partial charge in [0.05, 0.1) is 11.3 Å². The van der Waals surface area contributed by atoms with Gasteiger partial charge in [0.15, 0.2) is 0 Å². The highest BCUT2D eigenvalue weighted by Crippen LogP contribution is 2.35. The molecule has 3 rings (SSSR count). The van der Waals surface area contributed by atoms with E-state index >= 15 is 0 Å². The molecule has 0 radical (unpaired) electrons. The molecule has 1 aromatic heterocycles. The smallest absolute Gasteiger partial charge is 0.341 e. The topological polar surface area (TPSA) is 41.1 Å². The second-order valence-corrected chi connectivity index (χ2v) is 6.26. The van der Waals surface area contributed by atoms with Crippen LogP contribution < -0.4 is 10.2 Å². The summed E-state index contributed by atoms with van der Waals surface area (Å²) in [5.74, 6) is 0.956. The molecular weight excluding hydrogens is 329 g/mol. The van der Waals surface area contributed by atoms with E-state index in [0.717, 1.165) is 37.7 Å². The monoisotopic (exact) mass is 350 g/mol. The fourth-order valence-electron chi connectivity index (χ4n) is 3.01. The van der Waals surface area contributed by atoms with Gasteiger partial charge in [-0.3, -0.25) is 0 Å². The Kier molecular flexibility index (Phi) is 5.11. The Morgan fingerprint density at radius 3 is 2.36 bits per heavy atom. The Labute approximate surface area is 145 Å². The van der Waals surface area contributed by atoms with Crippen molar-refractivity contribution in [3.63, 3.8) is 0 Å². The lowest BCUT2D eigenvalue weighted by atomic mass is 10.1. The average Bonchev–Trinajstić information content (AvgIpc) is 2.83. The summed E-state index contributed by atoms with van der Waals surface area (Å²) in [6.45, 7) is 3.58. The molecule has 25 heavy (non-hydrogen) atoms. The highest BCUT2D eigenvalue weighted by Gasteiger charge is 2.33. The molecule has 4 nitrogen and oxygen atoms in total. The van der Waals surface area contributed by atoms with E-state index in [2.05, 4.69) is 20.2 Å². The standard InChI is InChI=1S/C18H21F3N4/c1-13-12-16(23-15-9-5-4-8-14(15)18(19,20)21)24-17(22-13)25-10-6-2-3-7-11-25/h4-5,8-9,12H,2-3,6-7,10-11H2,1H3,(H,22,23,24). The number of para-hydroxylation sites is 1. The second-order valence-electron chi connectivity index (χ2n) is 6.26. The van der Waals surface area contributed by atoms with Gasteiger partial charge in [0.1, 0.15) is 5.82 Å². The van der Waals surface area contributed by atoms with Gasteiger partial charge in [0, 0.05) is 24.8 Å². The molecule has 0 aliphatic carbocycles. The number of rotatable bonds is 3. The van der Waals surface area contributed by atoms with Crippen molar-refractivity contribution in [2.45, 2.75) is 38.8 Å². The van der Waals surface area contributed by atoms with Crippen LogP contribution in [0.4, 0.5) is 30.6 Å². The van der Waals surface area contributed by atoms with Crippen LogP contribution in [0.3, 0.4) is 0 Å². The number of hydrogen-bond donors (Lipinski definition) is 1. The first kappa shape index (κ1) is 17.5. The third kappa shape index (κ3) is 4.41. The van der Waals surface area contributed by atoms with Crippen molar-refractivity contribution in [2.24, 2.45) is 0 Å². The first-order valence-electron chi connectivity index (χ1n) is 8.47. The minimum absolute atomic E-state index is 0.00471. The lowest BCUT2D eigenvalue weighted by Crippen LogP contribution is -2.26. The van der Waals surface area contributed by atoms with Crippen LogP contribution in [0.1, 0.15) is 36.9 Å². The van der Waals surface area contributed by atoms with Crippen molar-refractivity contribution in [1.29, 1.82) is 0 Å². The molecule has 1 N–H and O–H groups in total. The summed E-state index contributed by atoms with van der Waals surface area (Å²) >= 11 is 0. The van der Waals surface area contributed by atoms with E-state index in [9.17, 15) is 13.2 Å². The summed E-state index contributed by atoms with van der Waals surface area (Å²) < 4.78 is 39.5. The molecule has 0 unspecified atom stereocenters. The van der Waals surface area contributed by atoms with Crippen LogP contribution >= 0.6 is 0 Å². The number of hydrogen-bond acceptors (Lipinski definition) is 4. The maximum atomic E-state index is 13.2. The summed E-state index contributed by atoms with van der Waals surface area (Å²) in [5.41, 5.74) is 0.0127. The first-order chi connectivity index (χ1) is 11.9. The minimum atomic E-state index is -4.42. The minimum Gasteiger partial charge on any atom is -0.341 e. The van der Waals surface area contributed by atoms with Crippen molar-refractivity contribution in [2.75, 3.05) is 23.3 Å². The van der Waals surface area contributed by atoms with Crippen LogP contribution in [-0.4, -0.2) is 23.1 Å². The van der Waals surface area contributed by atoms with Gasteiger partial charge in [-0.1, -0.05) is 25.0 Å². The number of alkyl halides is 3. The van der Waals surface area contributed by atoms with E-state index < -0.39 is 11.7 Å². The lowest BCUT2D eigenvalue weighted by molar-refractivity contribution is -0.136. The molecule has 1 aromatic carbocycles. The average molecular weight is 350 g/mol. The zero-order valence-electron chi connectivity index (χ0n) is 14.1. The van der Waals surface area contributed by atoms with Crippen LogP contribution in [0.5, 0.6) is 0 Å². The van der Waals surface area contributed by atoms with Crippen molar-refractivity contribution in [3.05, 3.63) is 41.6 Å². The molecule has 0 spiro atoms. The Morgan fingerprint density at radius 2 is 1.68 bits per heavy atom. The first-order valence-corrected chi connectivity index (χ1v) is 8.47. The molecule has 1 saturated heterocycles. The molecule has 134 valence electrons. The Bertz CT molecular complexity index is 723. The molecule has 1 aliphatic rings. The summed E-state index contributed by atoms with van der Waals surface area (Å²) in [6.07, 6.45) is 0.117. The molecule has 0 amide bonds. The summed E-state index contributed by atoms with van der Waals surface area (Å²) in [5, 5.41) is 2.82. The van der Waals surface area contributed by atoms with Crippen molar-refractivity contribution < 1.29 is 13.2 Å². The predicted molar refractivity (Wildman–Crippen MR) is 92.2 cm³/mol. The largest absolute Gasteiger partial charge is 0.418 e. The third-order valence-electron chi connectivity index (χ3n) is 4.23. The van der Waals surface area contributed by atoms with E-state index in [4.69, 9.17) is 0 Å². The third-order valence-corrected chi connectivity index (χ3v) is 4.23. The Balaban J connectivity index is 1.89. The van der Waals surface area contributed by atoms with Crippen LogP contribution in [0, 0.1) is 6.92 Å². The van der Waals surface area contributed by atoms with Crippen molar-refractivity contribution in [3.8, 4) is 0 Å². The van der Waals surface area contributed by atoms with Gasteiger partial charge >= 0.3 is 6.18 Å². The van der Waals surface area contributed by atoms with E-state index in [1.54, 1.807) is 12.1 Å². The zero-order valence-corrected chi connectivity index (χ0v) is 14.1. The molecule has 2 heterocycles. The molecule has 1 fully saturated rings. The van der Waals surface area contributed by atoms with Crippen LogP contribution in [-0.2, 0) is 6.18 Å². The zero-order chi connectivity index (χ0) is 17.9. The highest BCUT2D eigenvalue weighted by molar-refractivity contribution is 5.62. The van der Waals surface area contributed by atoms with Crippen molar-refractivity contribution >= 4 is 17.5 Å². The van der Waals surface area contributed by atoms with Gasteiger partial charge in [-0.2, -0.15) is 18.2 Å². The van der Waals surface area contributed by atoms with E-state index in [1.165, 1.54) is 25.0 Å². The number of halogens is 3. The maximum absolute atomic E-state index is 13.2. The van der Waals surface area contributed by atoms with Crippen LogP contribution in [0.2, 0.25) is 0 Å². The van der Waals surface area contributed by atoms with Crippen LogP contribution in [0.25, 0.3) is 0 Å². The molecule has 0 atom stereocenters. The SMILES string of the molecule is Cc1cc(Nc2ccccc2C(F)(F)F)nc(N2CCCCCC2)n1. The van der Waals surface area contributed by atoms with Crippen LogP contribution in [0.15, 0.2) is 30.3 Å². The molecule has 1 aliphatic heterocycles. The number of aromatic nitrogens is 2. The van der Waals surface area contributed by atoms with E-state index in [0.29, 0.717) is 11.8 Å². The maximum Gasteiger partial charge on any atom is 0.418 e. The second kappa shape index (κ2) is 7.29. The van der Waals surface area contributed by atoms with Gasteiger partial charge in [0.2, 0.25) is 5.95 Å². The fourth-order valence-corrected chi connectivity index (χ4v) is 3.01.